The van der Waals surface area contributed by atoms with Gasteiger partial charge in [0, 0.05) is 17.6 Å². The molecule has 5 heteroatoms. The van der Waals surface area contributed by atoms with Crippen molar-refractivity contribution >= 4 is 28.8 Å². The molecule has 1 saturated carbocycles. The van der Waals surface area contributed by atoms with Crippen LogP contribution in [0, 0.1) is 5.92 Å². The monoisotopic (exact) mass is 318 g/mol. The minimum atomic E-state index is 0.0768. The summed E-state index contributed by atoms with van der Waals surface area (Å²) in [5.41, 5.74) is 1.99. The van der Waals surface area contributed by atoms with E-state index in [9.17, 15) is 4.79 Å². The standard InChI is InChI=1S/C16H15ClN2OS/c17-14-4-3-11(9-18-14)16(20)19-7-5-13-12(6-8-21-13)15(19)10-1-2-10/h3-4,6,8-10,15H,1-2,5,7H2. The van der Waals surface area contributed by atoms with Crippen molar-refractivity contribution in [3.05, 3.63) is 50.9 Å². The van der Waals surface area contributed by atoms with Crippen LogP contribution in [0.3, 0.4) is 0 Å². The van der Waals surface area contributed by atoms with E-state index in [-0.39, 0.29) is 11.9 Å². The molecule has 4 rings (SSSR count). The number of carbonyl (C=O) groups excluding carboxylic acids is 1. The number of hydrogen-bond acceptors (Lipinski definition) is 3. The predicted octanol–water partition coefficient (Wildman–Crippen LogP) is 3.95. The number of amides is 1. The number of nitrogens with zero attached hydrogens (tertiary/aromatic N) is 2. The molecule has 0 spiro atoms. The number of pyridine rings is 1. The van der Waals surface area contributed by atoms with Crippen molar-refractivity contribution in [1.29, 1.82) is 0 Å². The number of thiophene rings is 1. The maximum Gasteiger partial charge on any atom is 0.255 e. The Morgan fingerprint density at radius 3 is 2.90 bits per heavy atom. The Labute approximate surface area is 132 Å². The minimum Gasteiger partial charge on any atom is -0.331 e. The molecule has 1 amide bonds. The Morgan fingerprint density at radius 1 is 1.33 bits per heavy atom. The van der Waals surface area contributed by atoms with Gasteiger partial charge in [-0.05, 0) is 54.3 Å². The SMILES string of the molecule is O=C(c1ccc(Cl)nc1)N1CCc2sccc2C1C1CC1. The van der Waals surface area contributed by atoms with Crippen molar-refractivity contribution in [3.63, 3.8) is 0 Å². The van der Waals surface area contributed by atoms with E-state index in [0.717, 1.165) is 13.0 Å². The van der Waals surface area contributed by atoms with Crippen LogP contribution in [-0.4, -0.2) is 22.3 Å². The Bertz CT molecular complexity index is 678. The van der Waals surface area contributed by atoms with E-state index >= 15 is 0 Å². The molecule has 2 aromatic heterocycles. The number of hydrogen-bond donors (Lipinski definition) is 0. The summed E-state index contributed by atoms with van der Waals surface area (Å²) in [6.07, 6.45) is 4.99. The molecule has 2 aliphatic rings. The van der Waals surface area contributed by atoms with Gasteiger partial charge in [-0.15, -0.1) is 11.3 Å². The summed E-state index contributed by atoms with van der Waals surface area (Å²) in [4.78, 5) is 20.4. The zero-order valence-electron chi connectivity index (χ0n) is 11.5. The summed E-state index contributed by atoms with van der Waals surface area (Å²) >= 11 is 7.63. The highest BCUT2D eigenvalue weighted by atomic mass is 35.5. The Hall–Kier alpha value is -1.39. The lowest BCUT2D eigenvalue weighted by atomic mass is 9.95. The number of halogens is 1. The van der Waals surface area contributed by atoms with Crippen molar-refractivity contribution in [1.82, 2.24) is 9.88 Å². The second kappa shape index (κ2) is 5.11. The third-order valence-corrected chi connectivity index (χ3v) is 5.54. The Morgan fingerprint density at radius 2 is 2.19 bits per heavy atom. The first kappa shape index (κ1) is 13.3. The van der Waals surface area contributed by atoms with Gasteiger partial charge in [0.1, 0.15) is 5.15 Å². The lowest BCUT2D eigenvalue weighted by Gasteiger charge is -2.36. The summed E-state index contributed by atoms with van der Waals surface area (Å²) < 4.78 is 0. The van der Waals surface area contributed by atoms with Crippen molar-refractivity contribution in [2.45, 2.75) is 25.3 Å². The zero-order valence-corrected chi connectivity index (χ0v) is 13.0. The molecule has 1 aliphatic carbocycles. The average molecular weight is 319 g/mol. The van der Waals surface area contributed by atoms with Gasteiger partial charge in [-0.1, -0.05) is 11.6 Å². The molecule has 1 fully saturated rings. The van der Waals surface area contributed by atoms with Gasteiger partial charge >= 0.3 is 0 Å². The van der Waals surface area contributed by atoms with Crippen molar-refractivity contribution in [2.75, 3.05) is 6.54 Å². The smallest absolute Gasteiger partial charge is 0.255 e. The molecule has 108 valence electrons. The van der Waals surface area contributed by atoms with Gasteiger partial charge < -0.3 is 4.90 Å². The van der Waals surface area contributed by atoms with Crippen LogP contribution in [0.25, 0.3) is 0 Å². The van der Waals surface area contributed by atoms with Gasteiger partial charge in [-0.25, -0.2) is 4.98 Å². The molecule has 0 aromatic carbocycles. The Balaban J connectivity index is 1.67. The van der Waals surface area contributed by atoms with Crippen LogP contribution in [0.15, 0.2) is 29.8 Å². The third-order valence-electron chi connectivity index (χ3n) is 4.32. The highest BCUT2D eigenvalue weighted by Gasteiger charge is 2.42. The number of carbonyl (C=O) groups is 1. The van der Waals surface area contributed by atoms with Crippen molar-refractivity contribution in [3.8, 4) is 0 Å². The molecule has 0 bridgehead atoms. The van der Waals surface area contributed by atoms with Crippen LogP contribution in [-0.2, 0) is 6.42 Å². The molecule has 21 heavy (non-hydrogen) atoms. The molecular weight excluding hydrogens is 304 g/mol. The molecule has 0 saturated heterocycles. The van der Waals surface area contributed by atoms with E-state index in [4.69, 9.17) is 11.6 Å². The summed E-state index contributed by atoms with van der Waals surface area (Å²) in [6, 6.07) is 5.90. The second-order valence-electron chi connectivity index (χ2n) is 5.70. The summed E-state index contributed by atoms with van der Waals surface area (Å²) in [6.45, 7) is 0.802. The first-order valence-electron chi connectivity index (χ1n) is 7.23. The van der Waals surface area contributed by atoms with E-state index in [1.54, 1.807) is 18.3 Å². The highest BCUT2D eigenvalue weighted by Crippen LogP contribution is 2.48. The quantitative estimate of drug-likeness (QED) is 0.786. The normalized spacial score (nSPS) is 21.2. The fourth-order valence-electron chi connectivity index (χ4n) is 3.16. The lowest BCUT2D eigenvalue weighted by molar-refractivity contribution is 0.0636. The molecule has 0 radical (unpaired) electrons. The number of rotatable bonds is 2. The topological polar surface area (TPSA) is 33.2 Å². The number of aromatic nitrogens is 1. The van der Waals surface area contributed by atoms with Crippen LogP contribution in [0.4, 0.5) is 0 Å². The Kier molecular flexibility index (Phi) is 3.23. The fourth-order valence-corrected chi connectivity index (χ4v) is 4.19. The van der Waals surface area contributed by atoms with Gasteiger partial charge in [0.15, 0.2) is 0 Å². The number of fused-ring (bicyclic) bond motifs is 1. The minimum absolute atomic E-state index is 0.0768. The zero-order chi connectivity index (χ0) is 14.4. The van der Waals surface area contributed by atoms with Crippen LogP contribution < -0.4 is 0 Å². The fraction of sp³-hybridized carbons (Fsp3) is 0.375. The first-order valence-corrected chi connectivity index (χ1v) is 8.48. The van der Waals surface area contributed by atoms with Gasteiger partial charge in [0.2, 0.25) is 0 Å². The molecular formula is C16H15ClN2OS. The van der Waals surface area contributed by atoms with Crippen molar-refractivity contribution in [2.24, 2.45) is 5.92 Å². The van der Waals surface area contributed by atoms with E-state index in [1.165, 1.54) is 23.3 Å². The van der Waals surface area contributed by atoms with E-state index < -0.39 is 0 Å². The van der Waals surface area contributed by atoms with E-state index in [0.29, 0.717) is 16.6 Å². The van der Waals surface area contributed by atoms with Crippen LogP contribution in [0.2, 0.25) is 5.15 Å². The first-order chi connectivity index (χ1) is 10.2. The van der Waals surface area contributed by atoms with Crippen molar-refractivity contribution < 1.29 is 4.79 Å². The molecule has 1 aliphatic heterocycles. The van der Waals surface area contributed by atoms with Gasteiger partial charge in [-0.3, -0.25) is 4.79 Å². The van der Waals surface area contributed by atoms with Crippen LogP contribution >= 0.6 is 22.9 Å². The van der Waals surface area contributed by atoms with E-state index in [2.05, 4.69) is 16.4 Å². The summed E-state index contributed by atoms with van der Waals surface area (Å²) in [7, 11) is 0. The largest absolute Gasteiger partial charge is 0.331 e. The summed E-state index contributed by atoms with van der Waals surface area (Å²) in [5.74, 6) is 0.704. The van der Waals surface area contributed by atoms with Crippen LogP contribution in [0.5, 0.6) is 0 Å². The van der Waals surface area contributed by atoms with E-state index in [1.807, 2.05) is 16.2 Å². The molecule has 2 aromatic rings. The third kappa shape index (κ3) is 2.36. The summed E-state index contributed by atoms with van der Waals surface area (Å²) in [5, 5.41) is 2.57. The second-order valence-corrected chi connectivity index (χ2v) is 7.09. The predicted molar refractivity (Wildman–Crippen MR) is 83.8 cm³/mol. The molecule has 3 nitrogen and oxygen atoms in total. The highest BCUT2D eigenvalue weighted by molar-refractivity contribution is 7.10. The lowest BCUT2D eigenvalue weighted by Crippen LogP contribution is -2.40. The molecule has 1 atom stereocenters. The molecule has 0 N–H and O–H groups in total. The van der Waals surface area contributed by atoms with Gasteiger partial charge in [-0.2, -0.15) is 0 Å². The van der Waals surface area contributed by atoms with Crippen LogP contribution in [0.1, 0.15) is 39.7 Å². The van der Waals surface area contributed by atoms with Gasteiger partial charge in [0.25, 0.3) is 5.91 Å². The maximum atomic E-state index is 12.8. The average Bonchev–Trinajstić information content (AvgIpc) is 3.22. The molecule has 3 heterocycles. The maximum absolute atomic E-state index is 12.8. The molecule has 1 unspecified atom stereocenters. The van der Waals surface area contributed by atoms with Gasteiger partial charge in [0.05, 0.1) is 11.6 Å².